The monoisotopic (exact) mass is 260 g/mol. The fourth-order valence-electron chi connectivity index (χ4n) is 3.24. The lowest BCUT2D eigenvalue weighted by Crippen LogP contribution is -2.42. The van der Waals surface area contributed by atoms with Crippen LogP contribution in [0.25, 0.3) is 0 Å². The molecule has 2 nitrogen and oxygen atoms in total. The zero-order valence-electron chi connectivity index (χ0n) is 12.0. The normalized spacial score (nSPS) is 20.2. The van der Waals surface area contributed by atoms with E-state index in [9.17, 15) is 4.79 Å². The van der Waals surface area contributed by atoms with E-state index in [1.807, 2.05) is 18.2 Å². The Morgan fingerprint density at radius 1 is 1.26 bits per heavy atom. The van der Waals surface area contributed by atoms with Gasteiger partial charge in [-0.05, 0) is 31.2 Å². The molecule has 1 saturated heterocycles. The molecule has 104 valence electrons. The van der Waals surface area contributed by atoms with Crippen LogP contribution in [0.15, 0.2) is 30.3 Å². The molecule has 19 heavy (non-hydrogen) atoms. The van der Waals surface area contributed by atoms with E-state index in [0.717, 1.165) is 37.9 Å². The van der Waals surface area contributed by atoms with E-state index >= 15 is 0 Å². The number of Topliss-reactive ketones (excluding diaryl/α,β-unsaturated/α-hetero) is 1. The fraction of sp³-hybridized carbons (Fsp3) is 0.588. The average molecular weight is 260 g/mol. The summed E-state index contributed by atoms with van der Waals surface area (Å²) in [6.07, 6.45) is 3.72. The van der Waals surface area contributed by atoms with Crippen molar-refractivity contribution in [3.8, 4) is 0 Å². The Morgan fingerprint density at radius 2 is 1.95 bits per heavy atom. The van der Waals surface area contributed by atoms with Gasteiger partial charge >= 0.3 is 0 Å². The summed E-state index contributed by atoms with van der Waals surface area (Å²) in [4.78, 5) is 13.0. The largest absolute Gasteiger partial charge is 0.381 e. The second-order valence-electron chi connectivity index (χ2n) is 5.43. The van der Waals surface area contributed by atoms with E-state index in [0.29, 0.717) is 12.4 Å². The molecule has 1 heterocycles. The maximum Gasteiger partial charge on any atom is 0.148 e. The number of ketones is 1. The van der Waals surface area contributed by atoms with Gasteiger partial charge in [-0.2, -0.15) is 0 Å². The summed E-state index contributed by atoms with van der Waals surface area (Å²) >= 11 is 0. The summed E-state index contributed by atoms with van der Waals surface area (Å²) in [5.41, 5.74) is 0.836. The Kier molecular flexibility index (Phi) is 4.76. The van der Waals surface area contributed by atoms with Crippen molar-refractivity contribution in [1.29, 1.82) is 0 Å². The van der Waals surface area contributed by atoms with Crippen LogP contribution in [0.5, 0.6) is 0 Å². The van der Waals surface area contributed by atoms with E-state index in [1.54, 1.807) is 0 Å². The lowest BCUT2D eigenvalue weighted by molar-refractivity contribution is -0.133. The van der Waals surface area contributed by atoms with Crippen molar-refractivity contribution in [3.63, 3.8) is 0 Å². The molecule has 1 fully saturated rings. The second-order valence-corrected chi connectivity index (χ2v) is 5.43. The molecule has 0 bridgehead atoms. The predicted octanol–water partition coefficient (Wildman–Crippen LogP) is 3.74. The van der Waals surface area contributed by atoms with Crippen LogP contribution in [0.4, 0.5) is 0 Å². The second kappa shape index (κ2) is 6.33. The molecule has 0 saturated carbocycles. The molecule has 1 aromatic rings. The number of carbonyl (C=O) groups is 1. The number of carbonyl (C=O) groups excluding carboxylic acids is 1. The number of rotatable bonds is 5. The molecule has 1 aliphatic heterocycles. The Morgan fingerprint density at radius 3 is 2.47 bits per heavy atom. The quantitative estimate of drug-likeness (QED) is 0.806. The molecule has 0 amide bonds. The third kappa shape index (κ3) is 2.74. The number of ether oxygens (including phenoxy) is 1. The first-order chi connectivity index (χ1) is 9.24. The first kappa shape index (κ1) is 14.3. The molecule has 1 aromatic carbocycles. The zero-order chi connectivity index (χ0) is 13.7. The smallest absolute Gasteiger partial charge is 0.148 e. The third-order valence-electron chi connectivity index (χ3n) is 4.54. The van der Waals surface area contributed by atoms with Crippen molar-refractivity contribution >= 4 is 5.78 Å². The number of benzene rings is 1. The SMILES string of the molecule is CCC(CC)(C(=O)C1CCCOC1)c1ccccc1. The van der Waals surface area contributed by atoms with Crippen molar-refractivity contribution in [3.05, 3.63) is 35.9 Å². The van der Waals surface area contributed by atoms with Gasteiger partial charge in [-0.25, -0.2) is 0 Å². The van der Waals surface area contributed by atoms with E-state index in [2.05, 4.69) is 26.0 Å². The van der Waals surface area contributed by atoms with E-state index in [4.69, 9.17) is 4.74 Å². The lowest BCUT2D eigenvalue weighted by Gasteiger charge is -2.35. The highest BCUT2D eigenvalue weighted by Crippen LogP contribution is 2.36. The third-order valence-corrected chi connectivity index (χ3v) is 4.54. The van der Waals surface area contributed by atoms with Gasteiger partial charge in [-0.3, -0.25) is 4.79 Å². The molecule has 0 aliphatic carbocycles. The van der Waals surface area contributed by atoms with Crippen molar-refractivity contribution < 1.29 is 9.53 Å². The Bertz CT molecular complexity index is 401. The van der Waals surface area contributed by atoms with Crippen LogP contribution in [-0.4, -0.2) is 19.0 Å². The molecule has 1 unspecified atom stereocenters. The van der Waals surface area contributed by atoms with Crippen LogP contribution in [0, 0.1) is 5.92 Å². The van der Waals surface area contributed by atoms with Crippen molar-refractivity contribution in [2.24, 2.45) is 5.92 Å². The molecular formula is C17H24O2. The molecule has 1 aliphatic rings. The highest BCUT2D eigenvalue weighted by atomic mass is 16.5. The minimum Gasteiger partial charge on any atom is -0.381 e. The van der Waals surface area contributed by atoms with Gasteiger partial charge in [0.05, 0.1) is 12.0 Å². The van der Waals surface area contributed by atoms with E-state index in [-0.39, 0.29) is 11.3 Å². The minimum atomic E-state index is -0.327. The summed E-state index contributed by atoms with van der Waals surface area (Å²) in [6.45, 7) is 5.66. The molecular weight excluding hydrogens is 236 g/mol. The zero-order valence-corrected chi connectivity index (χ0v) is 12.0. The molecule has 1 atom stereocenters. The van der Waals surface area contributed by atoms with Crippen LogP contribution in [0.2, 0.25) is 0 Å². The molecule has 0 N–H and O–H groups in total. The number of hydrogen-bond acceptors (Lipinski definition) is 2. The summed E-state index contributed by atoms with van der Waals surface area (Å²) in [6, 6.07) is 10.2. The first-order valence-corrected chi connectivity index (χ1v) is 7.42. The van der Waals surface area contributed by atoms with E-state index < -0.39 is 0 Å². The fourth-order valence-corrected chi connectivity index (χ4v) is 3.24. The van der Waals surface area contributed by atoms with Gasteiger partial charge in [0.15, 0.2) is 0 Å². The van der Waals surface area contributed by atoms with E-state index in [1.165, 1.54) is 0 Å². The molecule has 0 radical (unpaired) electrons. The van der Waals surface area contributed by atoms with Crippen molar-refractivity contribution in [2.45, 2.75) is 44.9 Å². The van der Waals surface area contributed by atoms with Crippen LogP contribution in [0.1, 0.15) is 45.1 Å². The van der Waals surface area contributed by atoms with Gasteiger partial charge in [-0.1, -0.05) is 44.2 Å². The lowest BCUT2D eigenvalue weighted by atomic mass is 9.68. The van der Waals surface area contributed by atoms with Crippen LogP contribution < -0.4 is 0 Å². The van der Waals surface area contributed by atoms with Crippen molar-refractivity contribution in [1.82, 2.24) is 0 Å². The Balaban J connectivity index is 2.30. The van der Waals surface area contributed by atoms with Crippen LogP contribution >= 0.6 is 0 Å². The van der Waals surface area contributed by atoms with Gasteiger partial charge in [0.1, 0.15) is 5.78 Å². The summed E-state index contributed by atoms with van der Waals surface area (Å²) in [5, 5.41) is 0. The molecule has 0 spiro atoms. The highest BCUT2D eigenvalue weighted by molar-refractivity contribution is 5.92. The summed E-state index contributed by atoms with van der Waals surface area (Å²) in [7, 11) is 0. The molecule has 0 aromatic heterocycles. The van der Waals surface area contributed by atoms with Gasteiger partial charge < -0.3 is 4.74 Å². The Labute approximate surface area is 116 Å². The van der Waals surface area contributed by atoms with Crippen LogP contribution in [-0.2, 0) is 14.9 Å². The van der Waals surface area contributed by atoms with Crippen LogP contribution in [0.3, 0.4) is 0 Å². The topological polar surface area (TPSA) is 26.3 Å². The predicted molar refractivity (Wildman–Crippen MR) is 77.3 cm³/mol. The first-order valence-electron chi connectivity index (χ1n) is 7.42. The van der Waals surface area contributed by atoms with Gasteiger partial charge in [0.2, 0.25) is 0 Å². The maximum absolute atomic E-state index is 13.0. The molecule has 2 rings (SSSR count). The van der Waals surface area contributed by atoms with Gasteiger partial charge in [0.25, 0.3) is 0 Å². The number of hydrogen-bond donors (Lipinski definition) is 0. The van der Waals surface area contributed by atoms with Gasteiger partial charge in [0, 0.05) is 12.5 Å². The average Bonchev–Trinajstić information content (AvgIpc) is 2.51. The standard InChI is InChI=1S/C17H24O2/c1-3-17(4-2,15-10-6-5-7-11-15)16(18)14-9-8-12-19-13-14/h5-7,10-11,14H,3-4,8-9,12-13H2,1-2H3. The minimum absolute atomic E-state index is 0.0776. The maximum atomic E-state index is 13.0. The molecule has 2 heteroatoms. The summed E-state index contributed by atoms with van der Waals surface area (Å²) in [5.74, 6) is 0.456. The summed E-state index contributed by atoms with van der Waals surface area (Å²) < 4.78 is 5.50. The van der Waals surface area contributed by atoms with Gasteiger partial charge in [-0.15, -0.1) is 0 Å². The Hall–Kier alpha value is -1.15. The van der Waals surface area contributed by atoms with Crippen molar-refractivity contribution in [2.75, 3.05) is 13.2 Å². The highest BCUT2D eigenvalue weighted by Gasteiger charge is 2.40.